The van der Waals surface area contributed by atoms with Crippen molar-refractivity contribution in [2.24, 2.45) is 0 Å². The molecule has 1 aromatic rings. The molecule has 0 amide bonds. The number of ether oxygens (including phenoxy) is 1. The number of hydrogen-bond acceptors (Lipinski definition) is 3. The van der Waals surface area contributed by atoms with E-state index >= 15 is 0 Å². The van der Waals surface area contributed by atoms with Gasteiger partial charge in [-0.15, -0.1) is 0 Å². The fourth-order valence-electron chi connectivity index (χ4n) is 1.31. The first-order valence-electron chi connectivity index (χ1n) is 5.10. The van der Waals surface area contributed by atoms with Crippen molar-refractivity contribution in [1.82, 2.24) is 0 Å². The van der Waals surface area contributed by atoms with Gasteiger partial charge in [0.2, 0.25) is 0 Å². The molecule has 16 heavy (non-hydrogen) atoms. The number of rotatable bonds is 4. The summed E-state index contributed by atoms with van der Waals surface area (Å²) in [5, 5.41) is 0. The molecule has 0 aliphatic heterocycles. The molecule has 0 bridgehead atoms. The number of hydrogen-bond donors (Lipinski definition) is 0. The first-order valence-corrected chi connectivity index (χ1v) is 5.10. The fraction of sp³-hybridized carbons (Fsp3) is 0.231. The van der Waals surface area contributed by atoms with Crippen molar-refractivity contribution in [2.75, 3.05) is 6.61 Å². The minimum Gasteiger partial charge on any atom is -0.463 e. The predicted octanol–water partition coefficient (Wildman–Crippen LogP) is 2.47. The summed E-state index contributed by atoms with van der Waals surface area (Å²) in [6, 6.07) is 7.12. The topological polar surface area (TPSA) is 43.4 Å². The van der Waals surface area contributed by atoms with Crippen LogP contribution in [-0.4, -0.2) is 18.4 Å². The van der Waals surface area contributed by atoms with E-state index in [0.717, 1.165) is 5.56 Å². The van der Waals surface area contributed by atoms with E-state index in [1.807, 2.05) is 6.07 Å². The van der Waals surface area contributed by atoms with E-state index in [1.54, 1.807) is 31.2 Å². The molecule has 0 saturated carbocycles. The van der Waals surface area contributed by atoms with Crippen LogP contribution in [0.15, 0.2) is 30.3 Å². The SMILES string of the molecule is CCOC(=O)C=Cc1ccccc1C(C)=O. The van der Waals surface area contributed by atoms with Gasteiger partial charge in [0.15, 0.2) is 5.78 Å². The Balaban J connectivity index is 2.88. The summed E-state index contributed by atoms with van der Waals surface area (Å²) >= 11 is 0. The van der Waals surface area contributed by atoms with E-state index in [1.165, 1.54) is 13.0 Å². The van der Waals surface area contributed by atoms with Gasteiger partial charge in [-0.2, -0.15) is 0 Å². The van der Waals surface area contributed by atoms with Crippen LogP contribution in [0.25, 0.3) is 6.08 Å². The Labute approximate surface area is 94.7 Å². The van der Waals surface area contributed by atoms with E-state index in [-0.39, 0.29) is 5.78 Å². The molecule has 0 aromatic heterocycles. The van der Waals surface area contributed by atoms with Crippen molar-refractivity contribution in [3.05, 3.63) is 41.5 Å². The third-order valence-electron chi connectivity index (χ3n) is 2.03. The van der Waals surface area contributed by atoms with Crippen molar-refractivity contribution in [3.63, 3.8) is 0 Å². The molecule has 0 atom stereocenters. The second kappa shape index (κ2) is 5.85. The zero-order valence-electron chi connectivity index (χ0n) is 9.40. The third kappa shape index (κ3) is 3.35. The maximum absolute atomic E-state index is 11.3. The fourth-order valence-corrected chi connectivity index (χ4v) is 1.31. The van der Waals surface area contributed by atoms with E-state index in [0.29, 0.717) is 12.2 Å². The molecular formula is C13H14O3. The number of esters is 1. The zero-order chi connectivity index (χ0) is 12.0. The van der Waals surface area contributed by atoms with E-state index in [9.17, 15) is 9.59 Å². The Morgan fingerprint density at radius 1 is 1.31 bits per heavy atom. The quantitative estimate of drug-likeness (QED) is 0.443. The van der Waals surface area contributed by atoms with E-state index < -0.39 is 5.97 Å². The monoisotopic (exact) mass is 218 g/mol. The highest BCUT2D eigenvalue weighted by Crippen LogP contribution is 2.11. The predicted molar refractivity (Wildman–Crippen MR) is 62.1 cm³/mol. The second-order valence-corrected chi connectivity index (χ2v) is 3.23. The van der Waals surface area contributed by atoms with Crippen molar-refractivity contribution in [1.29, 1.82) is 0 Å². The Morgan fingerprint density at radius 3 is 2.62 bits per heavy atom. The average Bonchev–Trinajstić information content (AvgIpc) is 2.27. The van der Waals surface area contributed by atoms with Gasteiger partial charge in [-0.3, -0.25) is 4.79 Å². The lowest BCUT2D eigenvalue weighted by atomic mass is 10.0. The summed E-state index contributed by atoms with van der Waals surface area (Å²) in [5.74, 6) is -0.426. The lowest BCUT2D eigenvalue weighted by molar-refractivity contribution is -0.137. The highest BCUT2D eigenvalue weighted by Gasteiger charge is 2.03. The Hall–Kier alpha value is -1.90. The third-order valence-corrected chi connectivity index (χ3v) is 2.03. The van der Waals surface area contributed by atoms with Crippen LogP contribution in [0, 0.1) is 0 Å². The minimum absolute atomic E-state index is 0.0240. The van der Waals surface area contributed by atoms with Gasteiger partial charge in [0, 0.05) is 11.6 Å². The Morgan fingerprint density at radius 2 is 2.00 bits per heavy atom. The van der Waals surface area contributed by atoms with Crippen LogP contribution in [0.1, 0.15) is 29.8 Å². The molecular weight excluding hydrogens is 204 g/mol. The van der Waals surface area contributed by atoms with Crippen LogP contribution in [0.3, 0.4) is 0 Å². The van der Waals surface area contributed by atoms with Crippen LogP contribution in [0.4, 0.5) is 0 Å². The number of carbonyl (C=O) groups excluding carboxylic acids is 2. The molecule has 0 radical (unpaired) electrons. The molecule has 1 rings (SSSR count). The lowest BCUT2D eigenvalue weighted by Gasteiger charge is -2.01. The highest BCUT2D eigenvalue weighted by molar-refractivity contribution is 5.99. The minimum atomic E-state index is -0.402. The molecule has 0 aliphatic rings. The smallest absolute Gasteiger partial charge is 0.330 e. The number of carbonyl (C=O) groups is 2. The molecule has 0 spiro atoms. The summed E-state index contributed by atoms with van der Waals surface area (Å²) < 4.78 is 4.75. The maximum Gasteiger partial charge on any atom is 0.330 e. The van der Waals surface area contributed by atoms with Crippen LogP contribution < -0.4 is 0 Å². The molecule has 0 N–H and O–H groups in total. The first-order chi connectivity index (χ1) is 7.65. The molecule has 0 saturated heterocycles. The second-order valence-electron chi connectivity index (χ2n) is 3.23. The summed E-state index contributed by atoms with van der Waals surface area (Å²) in [5.41, 5.74) is 1.33. The zero-order valence-corrected chi connectivity index (χ0v) is 9.40. The summed E-state index contributed by atoms with van der Waals surface area (Å²) in [6.45, 7) is 3.59. The number of Topliss-reactive ketones (excluding diaryl/α,β-unsaturated/α-hetero) is 1. The molecule has 0 unspecified atom stereocenters. The van der Waals surface area contributed by atoms with Crippen molar-refractivity contribution >= 4 is 17.8 Å². The van der Waals surface area contributed by atoms with E-state index in [4.69, 9.17) is 4.74 Å². The first kappa shape index (κ1) is 12.2. The molecule has 0 aliphatic carbocycles. The summed E-state index contributed by atoms with van der Waals surface area (Å²) in [7, 11) is 0. The molecule has 84 valence electrons. The van der Waals surface area contributed by atoms with Gasteiger partial charge in [0.25, 0.3) is 0 Å². The Bertz CT molecular complexity index is 419. The van der Waals surface area contributed by atoms with Crippen molar-refractivity contribution < 1.29 is 14.3 Å². The lowest BCUT2D eigenvalue weighted by Crippen LogP contribution is -2.00. The van der Waals surface area contributed by atoms with Gasteiger partial charge in [0.1, 0.15) is 0 Å². The normalized spacial score (nSPS) is 10.4. The number of ketones is 1. The van der Waals surface area contributed by atoms with Crippen LogP contribution >= 0.6 is 0 Å². The average molecular weight is 218 g/mol. The van der Waals surface area contributed by atoms with E-state index in [2.05, 4.69) is 0 Å². The van der Waals surface area contributed by atoms with Crippen LogP contribution in [0.5, 0.6) is 0 Å². The number of benzene rings is 1. The van der Waals surface area contributed by atoms with Gasteiger partial charge >= 0.3 is 5.97 Å². The van der Waals surface area contributed by atoms with Crippen molar-refractivity contribution in [3.8, 4) is 0 Å². The van der Waals surface area contributed by atoms with Crippen LogP contribution in [0.2, 0.25) is 0 Å². The summed E-state index contributed by atoms with van der Waals surface area (Å²) in [4.78, 5) is 22.4. The molecule has 1 aromatic carbocycles. The molecule has 0 heterocycles. The van der Waals surface area contributed by atoms with Gasteiger partial charge in [-0.25, -0.2) is 4.79 Å². The Kier molecular flexibility index (Phi) is 4.45. The largest absolute Gasteiger partial charge is 0.463 e. The summed E-state index contributed by atoms with van der Waals surface area (Å²) in [6.07, 6.45) is 2.92. The molecule has 3 nitrogen and oxygen atoms in total. The molecule has 0 fully saturated rings. The maximum atomic E-state index is 11.3. The molecule has 3 heteroatoms. The van der Waals surface area contributed by atoms with Crippen molar-refractivity contribution in [2.45, 2.75) is 13.8 Å². The highest BCUT2D eigenvalue weighted by atomic mass is 16.5. The van der Waals surface area contributed by atoms with Gasteiger partial charge in [-0.1, -0.05) is 24.3 Å². The van der Waals surface area contributed by atoms with Gasteiger partial charge in [0.05, 0.1) is 6.61 Å². The van der Waals surface area contributed by atoms with Gasteiger partial charge < -0.3 is 4.74 Å². The van der Waals surface area contributed by atoms with Crippen LogP contribution in [-0.2, 0) is 9.53 Å². The van der Waals surface area contributed by atoms with Gasteiger partial charge in [-0.05, 0) is 25.5 Å². The standard InChI is InChI=1S/C13H14O3/c1-3-16-13(15)9-8-11-6-4-5-7-12(11)10(2)14/h4-9H,3H2,1-2H3.